The lowest BCUT2D eigenvalue weighted by molar-refractivity contribution is -0.122. The fourth-order valence-electron chi connectivity index (χ4n) is 1.88. The number of rotatable bonds is 6. The number of Topliss-reactive ketones (excluding diaryl/α,β-unsaturated/α-hetero) is 1. The maximum atomic E-state index is 12.1. The van der Waals surface area contributed by atoms with Crippen LogP contribution in [-0.4, -0.2) is 30.5 Å². The molecule has 0 saturated heterocycles. The SMILES string of the molecule is COc1ccccc1C(=O)OCC(=O)[C@@H](C#N)c1nc(C)cs1. The van der Waals surface area contributed by atoms with E-state index in [1.54, 1.807) is 30.5 Å². The van der Waals surface area contributed by atoms with Gasteiger partial charge in [0, 0.05) is 11.1 Å². The summed E-state index contributed by atoms with van der Waals surface area (Å²) in [6.07, 6.45) is 0. The zero-order valence-electron chi connectivity index (χ0n) is 12.6. The Morgan fingerprint density at radius 3 is 2.74 bits per heavy atom. The lowest BCUT2D eigenvalue weighted by atomic mass is 10.1. The van der Waals surface area contributed by atoms with E-state index in [1.807, 2.05) is 6.07 Å². The molecule has 0 N–H and O–H groups in total. The summed E-state index contributed by atoms with van der Waals surface area (Å²) in [6, 6.07) is 8.44. The highest BCUT2D eigenvalue weighted by Gasteiger charge is 2.25. The second-order valence-electron chi connectivity index (χ2n) is 4.63. The minimum atomic E-state index is -1.03. The van der Waals surface area contributed by atoms with Gasteiger partial charge >= 0.3 is 5.97 Å². The van der Waals surface area contributed by atoms with Crippen molar-refractivity contribution in [1.82, 2.24) is 4.98 Å². The van der Waals surface area contributed by atoms with E-state index in [-0.39, 0.29) is 5.56 Å². The van der Waals surface area contributed by atoms with Gasteiger partial charge < -0.3 is 9.47 Å². The van der Waals surface area contributed by atoms with Crippen molar-refractivity contribution in [3.05, 3.63) is 45.9 Å². The summed E-state index contributed by atoms with van der Waals surface area (Å²) in [4.78, 5) is 28.3. The van der Waals surface area contributed by atoms with Crippen molar-refractivity contribution in [3.63, 3.8) is 0 Å². The first-order valence-corrected chi connectivity index (χ1v) is 7.59. The molecule has 118 valence electrons. The first kappa shape index (κ1) is 16.6. The van der Waals surface area contributed by atoms with Crippen LogP contribution in [0.15, 0.2) is 29.6 Å². The van der Waals surface area contributed by atoms with E-state index in [2.05, 4.69) is 4.98 Å². The lowest BCUT2D eigenvalue weighted by Gasteiger charge is -2.09. The van der Waals surface area contributed by atoms with Crippen LogP contribution in [0.3, 0.4) is 0 Å². The van der Waals surface area contributed by atoms with Gasteiger partial charge in [-0.25, -0.2) is 9.78 Å². The first-order valence-electron chi connectivity index (χ1n) is 6.71. The molecule has 0 bridgehead atoms. The number of ether oxygens (including phenoxy) is 2. The summed E-state index contributed by atoms with van der Waals surface area (Å²) in [5.74, 6) is -1.86. The van der Waals surface area contributed by atoms with Crippen LogP contribution in [0.25, 0.3) is 0 Å². The van der Waals surface area contributed by atoms with Gasteiger partial charge in [0.2, 0.25) is 0 Å². The zero-order valence-corrected chi connectivity index (χ0v) is 13.4. The smallest absolute Gasteiger partial charge is 0.342 e. The van der Waals surface area contributed by atoms with Crippen LogP contribution < -0.4 is 4.74 Å². The third-order valence-electron chi connectivity index (χ3n) is 3.01. The van der Waals surface area contributed by atoms with Crippen LogP contribution in [0.4, 0.5) is 0 Å². The Morgan fingerprint density at radius 2 is 2.13 bits per heavy atom. The topological polar surface area (TPSA) is 89.3 Å². The Kier molecular flexibility index (Phi) is 5.44. The summed E-state index contributed by atoms with van der Waals surface area (Å²) < 4.78 is 10.1. The van der Waals surface area contributed by atoms with Crippen molar-refractivity contribution in [2.24, 2.45) is 0 Å². The second-order valence-corrected chi connectivity index (χ2v) is 5.52. The van der Waals surface area contributed by atoms with Crippen molar-refractivity contribution in [1.29, 1.82) is 5.26 Å². The molecule has 0 radical (unpaired) electrons. The van der Waals surface area contributed by atoms with Crippen LogP contribution in [0.5, 0.6) is 5.75 Å². The molecule has 0 unspecified atom stereocenters. The van der Waals surface area contributed by atoms with Gasteiger partial charge in [-0.2, -0.15) is 5.26 Å². The normalized spacial score (nSPS) is 11.3. The molecule has 6 nitrogen and oxygen atoms in total. The molecular weight excluding hydrogens is 316 g/mol. The monoisotopic (exact) mass is 330 g/mol. The van der Waals surface area contributed by atoms with E-state index in [9.17, 15) is 9.59 Å². The number of hydrogen-bond acceptors (Lipinski definition) is 7. The van der Waals surface area contributed by atoms with E-state index in [4.69, 9.17) is 14.7 Å². The molecule has 2 aromatic rings. The van der Waals surface area contributed by atoms with E-state index in [1.165, 1.54) is 24.5 Å². The predicted octanol–water partition coefficient (Wildman–Crippen LogP) is 2.49. The highest BCUT2D eigenvalue weighted by Crippen LogP contribution is 2.22. The number of ketones is 1. The minimum Gasteiger partial charge on any atom is -0.496 e. The number of nitrogens with zero attached hydrogens (tertiary/aromatic N) is 2. The average molecular weight is 330 g/mol. The number of carbonyl (C=O) groups excluding carboxylic acids is 2. The Morgan fingerprint density at radius 1 is 1.39 bits per heavy atom. The van der Waals surface area contributed by atoms with Gasteiger partial charge in [-0.05, 0) is 19.1 Å². The van der Waals surface area contributed by atoms with E-state index in [0.717, 1.165) is 5.69 Å². The zero-order chi connectivity index (χ0) is 16.8. The number of nitriles is 1. The molecular formula is C16H14N2O4S. The molecule has 23 heavy (non-hydrogen) atoms. The molecule has 1 aromatic heterocycles. The molecule has 0 aliphatic rings. The van der Waals surface area contributed by atoms with Gasteiger partial charge in [-0.3, -0.25) is 4.79 Å². The number of esters is 1. The maximum absolute atomic E-state index is 12.1. The molecule has 1 aromatic carbocycles. The Labute approximate surface area is 137 Å². The number of methoxy groups -OCH3 is 1. The Hall–Kier alpha value is -2.72. The van der Waals surface area contributed by atoms with Crippen LogP contribution in [0.1, 0.15) is 27.0 Å². The van der Waals surface area contributed by atoms with Crippen molar-refractivity contribution < 1.29 is 19.1 Å². The van der Waals surface area contributed by atoms with Crippen molar-refractivity contribution in [2.75, 3.05) is 13.7 Å². The van der Waals surface area contributed by atoms with E-state index in [0.29, 0.717) is 10.8 Å². The molecule has 2 rings (SSSR count). The summed E-state index contributed by atoms with van der Waals surface area (Å²) in [6.45, 7) is 1.29. The molecule has 0 saturated carbocycles. The standard InChI is InChI=1S/C16H14N2O4S/c1-10-9-23-15(18-10)12(7-17)13(19)8-22-16(20)11-5-3-4-6-14(11)21-2/h3-6,9,12H,8H2,1-2H3/t12-/m1/s1. The number of aromatic nitrogens is 1. The molecule has 7 heteroatoms. The summed E-state index contributed by atoms with van der Waals surface area (Å²) >= 11 is 1.23. The van der Waals surface area contributed by atoms with Gasteiger partial charge in [0.15, 0.2) is 18.3 Å². The van der Waals surface area contributed by atoms with Gasteiger partial charge in [0.25, 0.3) is 0 Å². The van der Waals surface area contributed by atoms with Crippen LogP contribution in [0.2, 0.25) is 0 Å². The van der Waals surface area contributed by atoms with Crippen molar-refractivity contribution in [3.8, 4) is 11.8 Å². The highest BCUT2D eigenvalue weighted by molar-refractivity contribution is 7.09. The predicted molar refractivity (Wildman–Crippen MR) is 83.5 cm³/mol. The molecule has 0 spiro atoms. The van der Waals surface area contributed by atoms with E-state index < -0.39 is 24.3 Å². The third-order valence-corrected chi connectivity index (χ3v) is 4.03. The molecule has 1 heterocycles. The summed E-state index contributed by atoms with van der Waals surface area (Å²) in [7, 11) is 1.44. The van der Waals surface area contributed by atoms with Crippen LogP contribution in [0, 0.1) is 18.3 Å². The molecule has 0 aliphatic heterocycles. The van der Waals surface area contributed by atoms with Crippen molar-refractivity contribution in [2.45, 2.75) is 12.8 Å². The Bertz CT molecular complexity index is 763. The fourth-order valence-corrected chi connectivity index (χ4v) is 2.74. The van der Waals surface area contributed by atoms with Gasteiger partial charge in [-0.1, -0.05) is 12.1 Å². The summed E-state index contributed by atoms with van der Waals surface area (Å²) in [5, 5.41) is 11.3. The highest BCUT2D eigenvalue weighted by atomic mass is 32.1. The molecule has 0 amide bonds. The number of para-hydroxylation sites is 1. The van der Waals surface area contributed by atoms with Crippen LogP contribution >= 0.6 is 11.3 Å². The van der Waals surface area contributed by atoms with Gasteiger partial charge in [0.05, 0.1) is 13.2 Å². The third kappa shape index (κ3) is 3.93. The average Bonchev–Trinajstić information content (AvgIpc) is 2.99. The maximum Gasteiger partial charge on any atom is 0.342 e. The number of aryl methyl sites for hydroxylation is 1. The molecule has 0 aliphatic carbocycles. The largest absolute Gasteiger partial charge is 0.496 e. The van der Waals surface area contributed by atoms with Crippen LogP contribution in [-0.2, 0) is 9.53 Å². The quantitative estimate of drug-likeness (QED) is 0.756. The summed E-state index contributed by atoms with van der Waals surface area (Å²) in [5.41, 5.74) is 0.963. The number of benzene rings is 1. The van der Waals surface area contributed by atoms with Gasteiger partial charge in [-0.15, -0.1) is 11.3 Å². The van der Waals surface area contributed by atoms with E-state index >= 15 is 0 Å². The number of hydrogen-bond donors (Lipinski definition) is 0. The molecule has 1 atom stereocenters. The number of carbonyl (C=O) groups is 2. The molecule has 0 fully saturated rings. The fraction of sp³-hybridized carbons (Fsp3) is 0.250. The number of thiazole rings is 1. The lowest BCUT2D eigenvalue weighted by Crippen LogP contribution is -2.20. The van der Waals surface area contributed by atoms with Gasteiger partial charge in [0.1, 0.15) is 16.3 Å². The first-order chi connectivity index (χ1) is 11.1. The minimum absolute atomic E-state index is 0.224. The second kappa shape index (κ2) is 7.51. The Balaban J connectivity index is 2.03. The van der Waals surface area contributed by atoms with Crippen molar-refractivity contribution >= 4 is 23.1 Å².